The molecule has 0 aromatic heterocycles. The molecule has 2 aromatic carbocycles. The number of amidine groups is 1. The van der Waals surface area contributed by atoms with Crippen molar-refractivity contribution in [1.82, 2.24) is 0 Å². The Morgan fingerprint density at radius 1 is 1.00 bits per heavy atom. The Hall–Kier alpha value is -2.64. The normalized spacial score (nSPS) is 14.8. The van der Waals surface area contributed by atoms with Crippen LogP contribution in [-0.4, -0.2) is 39.5 Å². The van der Waals surface area contributed by atoms with Crippen molar-refractivity contribution >= 4 is 46.2 Å². The van der Waals surface area contributed by atoms with Gasteiger partial charge in [-0.25, -0.2) is 0 Å². The summed E-state index contributed by atoms with van der Waals surface area (Å²) < 4.78 is 16.2. The van der Waals surface area contributed by atoms with Gasteiger partial charge in [-0.2, -0.15) is 4.99 Å². The van der Waals surface area contributed by atoms with Crippen LogP contribution in [0, 0.1) is 0 Å². The van der Waals surface area contributed by atoms with Crippen molar-refractivity contribution in [2.75, 3.05) is 33.3 Å². The number of ether oxygens (including phenoxy) is 3. The third-order valence-electron chi connectivity index (χ3n) is 4.13. The fraction of sp³-hybridized carbons (Fsp3) is 0.200. The predicted molar refractivity (Wildman–Crippen MR) is 114 cm³/mol. The average Bonchev–Trinajstić information content (AvgIpc) is 3.07. The molecule has 0 atom stereocenters. The highest BCUT2D eigenvalue weighted by Crippen LogP contribution is 2.42. The van der Waals surface area contributed by atoms with Crippen molar-refractivity contribution in [1.29, 1.82) is 0 Å². The van der Waals surface area contributed by atoms with Gasteiger partial charge in [0.25, 0.3) is 5.91 Å². The molecule has 0 aliphatic carbocycles. The fourth-order valence-electron chi connectivity index (χ4n) is 2.70. The number of halogens is 1. The van der Waals surface area contributed by atoms with E-state index in [1.165, 1.54) is 18.9 Å². The van der Waals surface area contributed by atoms with Gasteiger partial charge in [-0.05, 0) is 54.2 Å². The number of benzene rings is 2. The number of anilines is 1. The molecule has 0 N–H and O–H groups in total. The zero-order valence-corrected chi connectivity index (χ0v) is 17.4. The quantitative estimate of drug-likeness (QED) is 0.667. The van der Waals surface area contributed by atoms with Gasteiger partial charge in [0, 0.05) is 23.3 Å². The van der Waals surface area contributed by atoms with Crippen molar-refractivity contribution in [3.8, 4) is 17.2 Å². The zero-order chi connectivity index (χ0) is 20.3. The molecule has 0 bridgehead atoms. The standard InChI is InChI=1S/C20H19ClN2O4S/c1-23(14-8-6-13(21)7-9-14)20-22-19(24)16(28-20)11-12-5-10-15(25-2)18(27-4)17(12)26-3/h5-11H,1-4H3/b16-11-. The van der Waals surface area contributed by atoms with Gasteiger partial charge in [0.15, 0.2) is 16.7 Å². The first-order valence-electron chi connectivity index (χ1n) is 8.29. The third-order valence-corrected chi connectivity index (χ3v) is 5.44. The number of amides is 1. The minimum Gasteiger partial charge on any atom is -0.493 e. The molecular weight excluding hydrogens is 400 g/mol. The second kappa shape index (κ2) is 8.58. The molecule has 0 fully saturated rings. The molecule has 1 heterocycles. The first-order chi connectivity index (χ1) is 13.5. The molecule has 0 spiro atoms. The predicted octanol–water partition coefficient (Wildman–Crippen LogP) is 4.47. The molecule has 1 amide bonds. The Morgan fingerprint density at radius 2 is 1.68 bits per heavy atom. The summed E-state index contributed by atoms with van der Waals surface area (Å²) in [5.41, 5.74) is 1.58. The van der Waals surface area contributed by atoms with Gasteiger partial charge in [0.1, 0.15) is 0 Å². The van der Waals surface area contributed by atoms with E-state index in [2.05, 4.69) is 4.99 Å². The number of rotatable bonds is 5. The maximum atomic E-state index is 12.4. The molecular formula is C20H19ClN2O4S. The SMILES string of the molecule is COc1ccc(/C=C2\SC(N(C)c3ccc(Cl)cc3)=NC2=O)c(OC)c1OC. The van der Waals surface area contributed by atoms with Crippen LogP contribution in [0.3, 0.4) is 0 Å². The Bertz CT molecular complexity index is 957. The summed E-state index contributed by atoms with van der Waals surface area (Å²) in [6.45, 7) is 0. The third kappa shape index (κ3) is 3.95. The summed E-state index contributed by atoms with van der Waals surface area (Å²) in [5, 5.41) is 1.23. The first kappa shape index (κ1) is 20.1. The second-order valence-electron chi connectivity index (χ2n) is 5.77. The number of methoxy groups -OCH3 is 3. The van der Waals surface area contributed by atoms with Crippen LogP contribution in [0.15, 0.2) is 46.3 Å². The second-order valence-corrected chi connectivity index (χ2v) is 7.21. The van der Waals surface area contributed by atoms with E-state index in [1.54, 1.807) is 38.5 Å². The maximum absolute atomic E-state index is 12.4. The van der Waals surface area contributed by atoms with E-state index in [0.717, 1.165) is 5.69 Å². The Labute approximate surface area is 172 Å². The van der Waals surface area contributed by atoms with E-state index in [-0.39, 0.29) is 5.91 Å². The number of hydrogen-bond acceptors (Lipinski definition) is 6. The fourth-order valence-corrected chi connectivity index (χ4v) is 3.71. The van der Waals surface area contributed by atoms with E-state index in [1.807, 2.05) is 30.1 Å². The molecule has 0 saturated carbocycles. The van der Waals surface area contributed by atoms with Gasteiger partial charge in [0.05, 0.1) is 26.2 Å². The minimum absolute atomic E-state index is 0.308. The number of hydrogen-bond donors (Lipinski definition) is 0. The molecule has 2 aromatic rings. The van der Waals surface area contributed by atoms with Gasteiger partial charge in [-0.15, -0.1) is 0 Å². The lowest BCUT2D eigenvalue weighted by atomic mass is 10.1. The lowest BCUT2D eigenvalue weighted by Gasteiger charge is -2.17. The largest absolute Gasteiger partial charge is 0.493 e. The summed E-state index contributed by atoms with van der Waals surface area (Å²) in [6.07, 6.45) is 1.74. The molecule has 28 heavy (non-hydrogen) atoms. The molecule has 0 radical (unpaired) electrons. The molecule has 3 rings (SSSR count). The monoisotopic (exact) mass is 418 g/mol. The van der Waals surface area contributed by atoms with E-state index >= 15 is 0 Å². The molecule has 0 saturated heterocycles. The Balaban J connectivity index is 1.89. The topological polar surface area (TPSA) is 60.4 Å². The lowest BCUT2D eigenvalue weighted by Crippen LogP contribution is -2.21. The van der Waals surface area contributed by atoms with Crippen LogP contribution < -0.4 is 19.1 Å². The molecule has 1 aliphatic heterocycles. The average molecular weight is 419 g/mol. The maximum Gasteiger partial charge on any atom is 0.286 e. The van der Waals surface area contributed by atoms with Crippen molar-refractivity contribution in [2.45, 2.75) is 0 Å². The molecule has 6 nitrogen and oxygen atoms in total. The number of carbonyl (C=O) groups is 1. The van der Waals surface area contributed by atoms with E-state index in [9.17, 15) is 4.79 Å². The highest BCUT2D eigenvalue weighted by Gasteiger charge is 2.26. The van der Waals surface area contributed by atoms with Crippen LogP contribution in [0.4, 0.5) is 5.69 Å². The Morgan fingerprint density at radius 3 is 2.29 bits per heavy atom. The van der Waals surface area contributed by atoms with Gasteiger partial charge < -0.3 is 19.1 Å². The van der Waals surface area contributed by atoms with E-state index in [0.29, 0.717) is 37.9 Å². The van der Waals surface area contributed by atoms with Crippen molar-refractivity contribution in [2.24, 2.45) is 4.99 Å². The van der Waals surface area contributed by atoms with Crippen molar-refractivity contribution < 1.29 is 19.0 Å². The highest BCUT2D eigenvalue weighted by atomic mass is 35.5. The smallest absolute Gasteiger partial charge is 0.286 e. The Kier molecular flexibility index (Phi) is 6.16. The summed E-state index contributed by atoms with van der Waals surface area (Å²) in [6, 6.07) is 10.9. The van der Waals surface area contributed by atoms with Crippen molar-refractivity contribution in [3.05, 3.63) is 51.9 Å². The molecule has 8 heteroatoms. The van der Waals surface area contributed by atoms with Crippen LogP contribution in [-0.2, 0) is 4.79 Å². The number of nitrogens with zero attached hydrogens (tertiary/aromatic N) is 2. The van der Waals surface area contributed by atoms with Crippen LogP contribution in [0.25, 0.3) is 6.08 Å². The number of aliphatic imine (C=N–C) groups is 1. The lowest BCUT2D eigenvalue weighted by molar-refractivity contribution is -0.113. The summed E-state index contributed by atoms with van der Waals surface area (Å²) in [7, 11) is 6.48. The molecule has 1 aliphatic rings. The van der Waals surface area contributed by atoms with Crippen LogP contribution in [0.2, 0.25) is 5.02 Å². The van der Waals surface area contributed by atoms with Crippen molar-refractivity contribution in [3.63, 3.8) is 0 Å². The molecule has 146 valence electrons. The number of carbonyl (C=O) groups excluding carboxylic acids is 1. The van der Waals surface area contributed by atoms with Gasteiger partial charge >= 0.3 is 0 Å². The first-order valence-corrected chi connectivity index (χ1v) is 9.48. The summed E-state index contributed by atoms with van der Waals surface area (Å²) >= 11 is 7.23. The summed E-state index contributed by atoms with van der Waals surface area (Å²) in [5.74, 6) is 1.19. The molecule has 0 unspecified atom stereocenters. The number of thioether (sulfide) groups is 1. The van der Waals surface area contributed by atoms with Gasteiger partial charge in [-0.3, -0.25) is 4.79 Å². The van der Waals surface area contributed by atoms with Gasteiger partial charge in [0.2, 0.25) is 5.75 Å². The zero-order valence-electron chi connectivity index (χ0n) is 15.9. The van der Waals surface area contributed by atoms with Gasteiger partial charge in [-0.1, -0.05) is 11.6 Å². The highest BCUT2D eigenvalue weighted by molar-refractivity contribution is 8.18. The minimum atomic E-state index is -0.308. The van der Waals surface area contributed by atoms with E-state index in [4.69, 9.17) is 25.8 Å². The summed E-state index contributed by atoms with van der Waals surface area (Å²) in [4.78, 5) is 18.9. The van der Waals surface area contributed by atoms with Crippen LogP contribution in [0.1, 0.15) is 5.56 Å². The van der Waals surface area contributed by atoms with E-state index < -0.39 is 0 Å². The van der Waals surface area contributed by atoms with Crippen LogP contribution >= 0.6 is 23.4 Å². The van der Waals surface area contributed by atoms with Crippen LogP contribution in [0.5, 0.6) is 17.2 Å².